The molecule has 0 spiro atoms. The summed E-state index contributed by atoms with van der Waals surface area (Å²) in [6.45, 7) is 2.13. The van der Waals surface area contributed by atoms with Gasteiger partial charge in [0, 0.05) is 11.1 Å². The van der Waals surface area contributed by atoms with Crippen molar-refractivity contribution in [3.8, 4) is 11.5 Å². The molecule has 0 radical (unpaired) electrons. The second-order valence-electron chi connectivity index (χ2n) is 3.67. The molecule has 3 heteroatoms. The fourth-order valence-electron chi connectivity index (χ4n) is 1.48. The average molecular weight is 359 g/mol. The van der Waals surface area contributed by atoms with Gasteiger partial charge in [-0.05, 0) is 58.8 Å². The monoisotopic (exact) mass is 358 g/mol. The molecular formula is C14H12ClIO. The molecule has 0 aliphatic rings. The van der Waals surface area contributed by atoms with E-state index in [0.29, 0.717) is 5.02 Å². The largest absolute Gasteiger partial charge is 0.456 e. The zero-order chi connectivity index (χ0) is 12.3. The number of benzene rings is 2. The Morgan fingerprint density at radius 2 is 1.82 bits per heavy atom. The van der Waals surface area contributed by atoms with Crippen molar-refractivity contribution in [1.29, 1.82) is 0 Å². The first-order valence-corrected chi connectivity index (χ1v) is 6.86. The van der Waals surface area contributed by atoms with E-state index in [-0.39, 0.29) is 0 Å². The molecule has 0 amide bonds. The number of hydrogen-bond donors (Lipinski definition) is 0. The van der Waals surface area contributed by atoms with Crippen LogP contribution in [0.1, 0.15) is 12.5 Å². The van der Waals surface area contributed by atoms with Gasteiger partial charge in [-0.3, -0.25) is 0 Å². The van der Waals surface area contributed by atoms with Crippen LogP contribution in [0.15, 0.2) is 42.5 Å². The van der Waals surface area contributed by atoms with Crippen molar-refractivity contribution >= 4 is 34.2 Å². The van der Waals surface area contributed by atoms with E-state index < -0.39 is 0 Å². The third-order valence-corrected chi connectivity index (χ3v) is 3.58. The minimum atomic E-state index is 0.686. The molecule has 1 nitrogen and oxygen atoms in total. The van der Waals surface area contributed by atoms with E-state index in [1.54, 1.807) is 0 Å². The van der Waals surface area contributed by atoms with Crippen molar-refractivity contribution < 1.29 is 4.74 Å². The summed E-state index contributed by atoms with van der Waals surface area (Å²) in [7, 11) is 0. The van der Waals surface area contributed by atoms with Gasteiger partial charge in [-0.25, -0.2) is 0 Å². The molecule has 88 valence electrons. The van der Waals surface area contributed by atoms with Gasteiger partial charge in [0.1, 0.15) is 11.5 Å². The van der Waals surface area contributed by atoms with E-state index in [4.69, 9.17) is 16.3 Å². The van der Waals surface area contributed by atoms with Crippen molar-refractivity contribution in [1.82, 2.24) is 0 Å². The standard InChI is InChI=1S/C14H12ClIO/c1-2-10-3-6-12(7-4-10)17-14-9-11(15)5-8-13(14)16/h3-9H,2H2,1H3. The summed E-state index contributed by atoms with van der Waals surface area (Å²) in [5, 5.41) is 0.686. The molecule has 0 aliphatic carbocycles. The minimum absolute atomic E-state index is 0.686. The van der Waals surface area contributed by atoms with Crippen LogP contribution in [-0.2, 0) is 6.42 Å². The summed E-state index contributed by atoms with van der Waals surface area (Å²) in [5.41, 5.74) is 1.30. The zero-order valence-electron chi connectivity index (χ0n) is 9.41. The van der Waals surface area contributed by atoms with Gasteiger partial charge in [0.15, 0.2) is 0 Å². The van der Waals surface area contributed by atoms with Gasteiger partial charge < -0.3 is 4.74 Å². The van der Waals surface area contributed by atoms with Crippen molar-refractivity contribution in [2.45, 2.75) is 13.3 Å². The van der Waals surface area contributed by atoms with Gasteiger partial charge in [-0.2, -0.15) is 0 Å². The number of halogens is 2. The molecule has 0 saturated carbocycles. The average Bonchev–Trinajstić information content (AvgIpc) is 2.35. The van der Waals surface area contributed by atoms with E-state index >= 15 is 0 Å². The predicted molar refractivity (Wildman–Crippen MR) is 80.1 cm³/mol. The third kappa shape index (κ3) is 3.36. The van der Waals surface area contributed by atoms with Crippen LogP contribution < -0.4 is 4.74 Å². The molecule has 0 fully saturated rings. The van der Waals surface area contributed by atoms with E-state index in [2.05, 4.69) is 41.6 Å². The maximum atomic E-state index is 5.95. The molecule has 2 aromatic carbocycles. The molecular weight excluding hydrogens is 347 g/mol. The van der Waals surface area contributed by atoms with Gasteiger partial charge in [0.05, 0.1) is 3.57 Å². The minimum Gasteiger partial charge on any atom is -0.456 e. The second kappa shape index (κ2) is 5.74. The molecule has 17 heavy (non-hydrogen) atoms. The first-order chi connectivity index (χ1) is 8.19. The van der Waals surface area contributed by atoms with E-state index in [9.17, 15) is 0 Å². The van der Waals surface area contributed by atoms with Gasteiger partial charge in [-0.15, -0.1) is 0 Å². The van der Waals surface area contributed by atoms with E-state index in [1.807, 2.05) is 30.3 Å². The summed E-state index contributed by atoms with van der Waals surface area (Å²) >= 11 is 8.18. The fraction of sp³-hybridized carbons (Fsp3) is 0.143. The normalized spacial score (nSPS) is 10.3. The first kappa shape index (κ1) is 12.7. The highest BCUT2D eigenvalue weighted by atomic mass is 127. The summed E-state index contributed by atoms with van der Waals surface area (Å²) in [5.74, 6) is 1.63. The zero-order valence-corrected chi connectivity index (χ0v) is 12.3. The summed E-state index contributed by atoms with van der Waals surface area (Å²) < 4.78 is 6.85. The van der Waals surface area contributed by atoms with Crippen molar-refractivity contribution in [2.75, 3.05) is 0 Å². The molecule has 0 unspecified atom stereocenters. The fourth-order valence-corrected chi connectivity index (χ4v) is 2.08. The van der Waals surface area contributed by atoms with Crippen LogP contribution in [0.3, 0.4) is 0 Å². The van der Waals surface area contributed by atoms with Gasteiger partial charge in [0.25, 0.3) is 0 Å². The maximum absolute atomic E-state index is 5.95. The van der Waals surface area contributed by atoms with Gasteiger partial charge >= 0.3 is 0 Å². The number of ether oxygens (including phenoxy) is 1. The van der Waals surface area contributed by atoms with E-state index in [0.717, 1.165) is 21.5 Å². The predicted octanol–water partition coefficient (Wildman–Crippen LogP) is 5.30. The van der Waals surface area contributed by atoms with Crippen molar-refractivity contribution in [3.63, 3.8) is 0 Å². The molecule has 0 atom stereocenters. The van der Waals surface area contributed by atoms with E-state index in [1.165, 1.54) is 5.56 Å². The first-order valence-electron chi connectivity index (χ1n) is 5.41. The number of rotatable bonds is 3. The Balaban J connectivity index is 2.22. The molecule has 0 N–H and O–H groups in total. The van der Waals surface area contributed by atoms with Crippen molar-refractivity contribution in [2.24, 2.45) is 0 Å². The third-order valence-electron chi connectivity index (χ3n) is 2.45. The van der Waals surface area contributed by atoms with Crippen LogP contribution in [0, 0.1) is 3.57 Å². The Kier molecular flexibility index (Phi) is 4.29. The highest BCUT2D eigenvalue weighted by Crippen LogP contribution is 2.29. The molecule has 0 saturated heterocycles. The van der Waals surface area contributed by atoms with Crippen molar-refractivity contribution in [3.05, 3.63) is 56.6 Å². The SMILES string of the molecule is CCc1ccc(Oc2cc(Cl)ccc2I)cc1. The topological polar surface area (TPSA) is 9.23 Å². The molecule has 0 aliphatic heterocycles. The Morgan fingerprint density at radius 1 is 1.12 bits per heavy atom. The van der Waals surface area contributed by atoms with Crippen LogP contribution in [0.4, 0.5) is 0 Å². The molecule has 2 aromatic rings. The molecule has 0 aromatic heterocycles. The molecule has 0 heterocycles. The lowest BCUT2D eigenvalue weighted by Crippen LogP contribution is -1.88. The van der Waals surface area contributed by atoms with Gasteiger partial charge in [0.2, 0.25) is 0 Å². The highest BCUT2D eigenvalue weighted by molar-refractivity contribution is 14.1. The number of hydrogen-bond acceptors (Lipinski definition) is 1. The lowest BCUT2D eigenvalue weighted by molar-refractivity contribution is 0.479. The van der Waals surface area contributed by atoms with Crippen LogP contribution in [0.25, 0.3) is 0 Å². The van der Waals surface area contributed by atoms with Crippen LogP contribution >= 0.6 is 34.2 Å². The Labute approximate surface area is 120 Å². The summed E-state index contributed by atoms with van der Waals surface area (Å²) in [4.78, 5) is 0. The van der Waals surface area contributed by atoms with Crippen LogP contribution in [0.5, 0.6) is 11.5 Å². The number of aryl methyl sites for hydroxylation is 1. The van der Waals surface area contributed by atoms with Crippen LogP contribution in [0.2, 0.25) is 5.02 Å². The Bertz CT molecular complexity index is 508. The molecule has 2 rings (SSSR count). The Hall–Kier alpha value is -0.740. The second-order valence-corrected chi connectivity index (χ2v) is 5.27. The maximum Gasteiger partial charge on any atom is 0.142 e. The van der Waals surface area contributed by atoms with Gasteiger partial charge in [-0.1, -0.05) is 30.7 Å². The lowest BCUT2D eigenvalue weighted by Gasteiger charge is -2.08. The summed E-state index contributed by atoms with van der Waals surface area (Å²) in [6.07, 6.45) is 1.04. The smallest absolute Gasteiger partial charge is 0.142 e. The summed E-state index contributed by atoms with van der Waals surface area (Å²) in [6, 6.07) is 13.7. The van der Waals surface area contributed by atoms with Crippen LogP contribution in [-0.4, -0.2) is 0 Å². The Morgan fingerprint density at radius 3 is 2.47 bits per heavy atom. The highest BCUT2D eigenvalue weighted by Gasteiger charge is 2.03. The quantitative estimate of drug-likeness (QED) is 0.677. The molecule has 0 bridgehead atoms. The lowest BCUT2D eigenvalue weighted by atomic mass is 10.2.